The Morgan fingerprint density at radius 3 is 2.78 bits per heavy atom. The molecule has 1 N–H and O–H groups in total. The summed E-state index contributed by atoms with van der Waals surface area (Å²) in [6.07, 6.45) is 3.50. The second kappa shape index (κ2) is 7.35. The quantitative estimate of drug-likeness (QED) is 0.589. The summed E-state index contributed by atoms with van der Waals surface area (Å²) in [7, 11) is 0. The molecular formula is C20H11BrN4OS. The highest BCUT2D eigenvalue weighted by molar-refractivity contribution is 9.10. The number of amides is 1. The van der Waals surface area contributed by atoms with Crippen LogP contribution in [0.5, 0.6) is 0 Å². The first-order valence-electron chi connectivity index (χ1n) is 7.97. The first kappa shape index (κ1) is 17.5. The van der Waals surface area contributed by atoms with Gasteiger partial charge in [-0.3, -0.25) is 9.78 Å². The molecule has 0 bridgehead atoms. The van der Waals surface area contributed by atoms with Crippen molar-refractivity contribution in [1.29, 1.82) is 5.26 Å². The third kappa shape index (κ3) is 3.63. The minimum absolute atomic E-state index is 0.197. The monoisotopic (exact) mass is 434 g/mol. The number of fused-ring (bicyclic) bond motifs is 1. The van der Waals surface area contributed by atoms with Gasteiger partial charge in [0, 0.05) is 16.1 Å². The van der Waals surface area contributed by atoms with E-state index in [-0.39, 0.29) is 5.91 Å². The van der Waals surface area contributed by atoms with Crippen LogP contribution in [0.2, 0.25) is 0 Å². The summed E-state index contributed by atoms with van der Waals surface area (Å²) in [5, 5.41) is 13.1. The van der Waals surface area contributed by atoms with Crippen LogP contribution in [0.4, 0.5) is 5.69 Å². The Bertz CT molecular complexity index is 1160. The lowest BCUT2D eigenvalue weighted by molar-refractivity contribution is -0.115. The molecule has 0 saturated carbocycles. The Morgan fingerprint density at radius 1 is 1.19 bits per heavy atom. The molecule has 1 saturated heterocycles. The van der Waals surface area contributed by atoms with E-state index in [1.807, 2.05) is 24.3 Å². The van der Waals surface area contributed by atoms with Gasteiger partial charge >= 0.3 is 0 Å². The maximum atomic E-state index is 12.3. The van der Waals surface area contributed by atoms with E-state index in [2.05, 4.69) is 37.3 Å². The van der Waals surface area contributed by atoms with Crippen LogP contribution in [0.25, 0.3) is 17.0 Å². The number of nitrogens with zero attached hydrogens (tertiary/aromatic N) is 3. The molecule has 0 aliphatic carbocycles. The van der Waals surface area contributed by atoms with Gasteiger partial charge in [0.05, 0.1) is 27.7 Å². The van der Waals surface area contributed by atoms with Crippen LogP contribution in [-0.4, -0.2) is 16.1 Å². The van der Waals surface area contributed by atoms with Crippen LogP contribution < -0.4 is 5.32 Å². The van der Waals surface area contributed by atoms with E-state index >= 15 is 0 Å². The summed E-state index contributed by atoms with van der Waals surface area (Å²) in [6.45, 7) is 0. The molecular weight excluding hydrogens is 424 g/mol. The molecule has 4 rings (SSSR count). The van der Waals surface area contributed by atoms with Gasteiger partial charge in [0.1, 0.15) is 0 Å². The Balaban J connectivity index is 1.65. The fourth-order valence-corrected chi connectivity index (χ4v) is 3.90. The SMILES string of the molecule is N#Cc1ccc(/C=C2\SC(=Nc3ccc(Br)c4cccnc34)NC2=O)cc1. The largest absolute Gasteiger partial charge is 0.300 e. The summed E-state index contributed by atoms with van der Waals surface area (Å²) in [5.41, 5.74) is 2.89. The third-order valence-electron chi connectivity index (χ3n) is 3.91. The van der Waals surface area contributed by atoms with Crippen LogP contribution in [0.15, 0.2) is 69.1 Å². The predicted octanol–water partition coefficient (Wildman–Crippen LogP) is 4.76. The van der Waals surface area contributed by atoms with E-state index in [0.29, 0.717) is 21.3 Å². The van der Waals surface area contributed by atoms with Gasteiger partial charge in [0.2, 0.25) is 0 Å². The van der Waals surface area contributed by atoms with Gasteiger partial charge in [0.25, 0.3) is 5.91 Å². The molecule has 1 aliphatic heterocycles. The van der Waals surface area contributed by atoms with Crippen molar-refractivity contribution in [2.24, 2.45) is 4.99 Å². The van der Waals surface area contributed by atoms with Gasteiger partial charge < -0.3 is 5.32 Å². The molecule has 0 atom stereocenters. The van der Waals surface area contributed by atoms with Gasteiger partial charge in [-0.05, 0) is 53.7 Å². The van der Waals surface area contributed by atoms with Gasteiger partial charge in [0.15, 0.2) is 5.17 Å². The molecule has 1 aromatic heterocycles. The van der Waals surface area contributed by atoms with Crippen molar-refractivity contribution in [3.05, 3.63) is 75.2 Å². The van der Waals surface area contributed by atoms with E-state index < -0.39 is 0 Å². The Hall–Kier alpha value is -2.95. The van der Waals surface area contributed by atoms with Crippen molar-refractivity contribution >= 4 is 61.4 Å². The molecule has 0 radical (unpaired) electrons. The molecule has 1 fully saturated rings. The van der Waals surface area contributed by atoms with Gasteiger partial charge in [-0.2, -0.15) is 5.26 Å². The molecule has 3 aromatic rings. The lowest BCUT2D eigenvalue weighted by Crippen LogP contribution is -2.19. The normalized spacial score (nSPS) is 16.7. The molecule has 5 nitrogen and oxygen atoms in total. The zero-order valence-electron chi connectivity index (χ0n) is 13.8. The van der Waals surface area contributed by atoms with E-state index in [4.69, 9.17) is 5.26 Å². The molecule has 1 amide bonds. The highest BCUT2D eigenvalue weighted by Gasteiger charge is 2.24. The van der Waals surface area contributed by atoms with Gasteiger partial charge in [-0.25, -0.2) is 4.99 Å². The molecule has 2 aromatic carbocycles. The number of nitrogens with one attached hydrogen (secondary N) is 1. The third-order valence-corrected chi connectivity index (χ3v) is 5.51. The number of aliphatic imine (C=N–C) groups is 1. The molecule has 130 valence electrons. The summed E-state index contributed by atoms with van der Waals surface area (Å²) in [6, 6.07) is 16.7. The lowest BCUT2D eigenvalue weighted by atomic mass is 10.1. The number of carbonyl (C=O) groups excluding carboxylic acids is 1. The van der Waals surface area contributed by atoms with E-state index in [1.165, 1.54) is 11.8 Å². The molecule has 27 heavy (non-hydrogen) atoms. The summed E-state index contributed by atoms with van der Waals surface area (Å²) < 4.78 is 0.944. The highest BCUT2D eigenvalue weighted by atomic mass is 79.9. The van der Waals surface area contributed by atoms with Crippen molar-refractivity contribution < 1.29 is 4.79 Å². The summed E-state index contributed by atoms with van der Waals surface area (Å²) in [4.78, 5) is 21.8. The minimum Gasteiger partial charge on any atom is -0.300 e. The number of hydrogen-bond acceptors (Lipinski definition) is 5. The van der Waals surface area contributed by atoms with E-state index in [0.717, 1.165) is 20.9 Å². The van der Waals surface area contributed by atoms with Crippen molar-refractivity contribution in [2.75, 3.05) is 0 Å². The standard InChI is InChI=1S/C20H11BrN4OS/c21-15-7-8-16(18-14(15)2-1-9-23-18)24-20-25-19(26)17(27-20)10-12-3-5-13(11-22)6-4-12/h1-10H,(H,24,25,26)/b17-10-. The second-order valence-corrected chi connectivity index (χ2v) is 7.57. The second-order valence-electron chi connectivity index (χ2n) is 5.68. The Kier molecular flexibility index (Phi) is 4.75. The molecule has 1 aliphatic rings. The number of nitriles is 1. The first-order chi connectivity index (χ1) is 13.1. The Labute approximate surface area is 168 Å². The Morgan fingerprint density at radius 2 is 2.00 bits per heavy atom. The van der Waals surface area contributed by atoms with E-state index in [9.17, 15) is 4.79 Å². The van der Waals surface area contributed by atoms with Crippen molar-refractivity contribution in [3.8, 4) is 6.07 Å². The average molecular weight is 435 g/mol. The topological polar surface area (TPSA) is 78.1 Å². The predicted molar refractivity (Wildman–Crippen MR) is 111 cm³/mol. The van der Waals surface area contributed by atoms with Crippen LogP contribution in [0.3, 0.4) is 0 Å². The average Bonchev–Trinajstić information content (AvgIpc) is 3.04. The summed E-state index contributed by atoms with van der Waals surface area (Å²) >= 11 is 4.79. The lowest BCUT2D eigenvalue weighted by Gasteiger charge is -2.03. The number of thioether (sulfide) groups is 1. The number of aromatic nitrogens is 1. The first-order valence-corrected chi connectivity index (χ1v) is 9.58. The minimum atomic E-state index is -0.197. The fraction of sp³-hybridized carbons (Fsp3) is 0. The van der Waals surface area contributed by atoms with Crippen molar-refractivity contribution in [3.63, 3.8) is 0 Å². The number of amidine groups is 1. The van der Waals surface area contributed by atoms with Crippen LogP contribution in [-0.2, 0) is 4.79 Å². The maximum absolute atomic E-state index is 12.3. The number of pyridine rings is 1. The number of benzene rings is 2. The molecule has 2 heterocycles. The van der Waals surface area contributed by atoms with Crippen LogP contribution >= 0.6 is 27.7 Å². The molecule has 7 heteroatoms. The van der Waals surface area contributed by atoms with Crippen molar-refractivity contribution in [2.45, 2.75) is 0 Å². The van der Waals surface area contributed by atoms with Gasteiger partial charge in [-0.1, -0.05) is 34.1 Å². The van der Waals surface area contributed by atoms with Crippen LogP contribution in [0, 0.1) is 11.3 Å². The van der Waals surface area contributed by atoms with Gasteiger partial charge in [-0.15, -0.1) is 0 Å². The summed E-state index contributed by atoms with van der Waals surface area (Å²) in [5.74, 6) is -0.197. The molecule has 0 unspecified atom stereocenters. The maximum Gasteiger partial charge on any atom is 0.264 e. The highest BCUT2D eigenvalue weighted by Crippen LogP contribution is 2.33. The van der Waals surface area contributed by atoms with Crippen LogP contribution in [0.1, 0.15) is 11.1 Å². The smallest absolute Gasteiger partial charge is 0.264 e. The zero-order valence-corrected chi connectivity index (χ0v) is 16.2. The number of halogens is 1. The fourth-order valence-electron chi connectivity index (χ4n) is 2.61. The number of hydrogen-bond donors (Lipinski definition) is 1. The number of carbonyl (C=O) groups is 1. The van der Waals surface area contributed by atoms with Crippen molar-refractivity contribution in [1.82, 2.24) is 10.3 Å². The molecule has 0 spiro atoms. The zero-order chi connectivity index (χ0) is 18.8. The van der Waals surface area contributed by atoms with E-state index in [1.54, 1.807) is 36.5 Å². The number of rotatable bonds is 2.